The monoisotopic (exact) mass is 419 g/mol. The van der Waals surface area contributed by atoms with Gasteiger partial charge in [-0.2, -0.15) is 18.4 Å². The van der Waals surface area contributed by atoms with Gasteiger partial charge in [0.25, 0.3) is 17.1 Å². The third kappa shape index (κ3) is 4.25. The molecule has 29 heavy (non-hydrogen) atoms. The fourth-order valence-corrected chi connectivity index (χ4v) is 3.52. The third-order valence-corrected chi connectivity index (χ3v) is 4.97. The normalized spacial score (nSPS) is 13.9. The maximum Gasteiger partial charge on any atom is 0.417 e. The Balaban J connectivity index is 1.90. The highest BCUT2D eigenvalue weighted by molar-refractivity contribution is 8.13. The van der Waals surface area contributed by atoms with E-state index >= 15 is 0 Å². The van der Waals surface area contributed by atoms with Crippen molar-refractivity contribution >= 4 is 34.5 Å². The molecule has 0 saturated carbocycles. The maximum absolute atomic E-state index is 13.1. The summed E-state index contributed by atoms with van der Waals surface area (Å²) in [6.45, 7) is 0.211. The summed E-state index contributed by atoms with van der Waals surface area (Å²) in [5.41, 5.74) is -2.06. The number of nitriles is 1. The number of halogens is 3. The molecule has 0 aromatic heterocycles. The van der Waals surface area contributed by atoms with Crippen molar-refractivity contribution in [2.45, 2.75) is 6.18 Å². The zero-order valence-corrected chi connectivity index (χ0v) is 15.4. The quantitative estimate of drug-likeness (QED) is 0.808. The van der Waals surface area contributed by atoms with Gasteiger partial charge in [-0.15, -0.1) is 0 Å². The van der Waals surface area contributed by atoms with Crippen molar-refractivity contribution < 1.29 is 27.6 Å². The molecule has 0 aliphatic carbocycles. The number of imide groups is 1. The lowest BCUT2D eigenvalue weighted by Gasteiger charge is -2.16. The molecule has 1 heterocycles. The highest BCUT2D eigenvalue weighted by Crippen LogP contribution is 2.33. The second-order valence-corrected chi connectivity index (χ2v) is 6.99. The van der Waals surface area contributed by atoms with Gasteiger partial charge in [0.2, 0.25) is 0 Å². The molecule has 0 radical (unpaired) electrons. The summed E-state index contributed by atoms with van der Waals surface area (Å²) < 4.78 is 39.3. The lowest BCUT2D eigenvalue weighted by Crippen LogP contribution is -2.32. The molecule has 0 unspecified atom stereocenters. The Labute approximate surface area is 167 Å². The van der Waals surface area contributed by atoms with Crippen LogP contribution >= 0.6 is 11.8 Å². The Kier molecular flexibility index (Phi) is 5.61. The van der Waals surface area contributed by atoms with E-state index in [1.54, 1.807) is 0 Å². The van der Waals surface area contributed by atoms with Crippen molar-refractivity contribution in [2.75, 3.05) is 17.6 Å². The number of hydrogen-bond donors (Lipinski definition) is 1. The molecule has 10 heteroatoms. The second kappa shape index (κ2) is 7.97. The summed E-state index contributed by atoms with van der Waals surface area (Å²) >= 11 is 0.985. The number of amides is 3. The molecule has 2 aromatic rings. The Morgan fingerprint density at radius 3 is 2.41 bits per heavy atom. The number of thioether (sulfide) groups is 1. The average molecular weight is 419 g/mol. The number of alkyl halides is 3. The molecule has 3 rings (SSSR count). The van der Waals surface area contributed by atoms with Crippen LogP contribution in [0.5, 0.6) is 0 Å². The van der Waals surface area contributed by atoms with Crippen LogP contribution in [0, 0.1) is 11.3 Å². The van der Waals surface area contributed by atoms with Crippen molar-refractivity contribution in [1.82, 2.24) is 4.90 Å². The van der Waals surface area contributed by atoms with Crippen LogP contribution in [0.15, 0.2) is 42.5 Å². The molecule has 2 aromatic carbocycles. The first-order chi connectivity index (χ1) is 13.7. The molecule has 1 N–H and O–H groups in total. The highest BCUT2D eigenvalue weighted by atomic mass is 32.2. The Hall–Kier alpha value is -3.32. The summed E-state index contributed by atoms with van der Waals surface area (Å²) in [6.07, 6.45) is -4.77. The zero-order valence-electron chi connectivity index (χ0n) is 14.6. The number of rotatable bonds is 3. The van der Waals surface area contributed by atoms with E-state index in [1.807, 2.05) is 0 Å². The van der Waals surface area contributed by atoms with Gasteiger partial charge < -0.3 is 5.32 Å². The smallest absolute Gasteiger partial charge is 0.322 e. The molecule has 3 amide bonds. The molecule has 6 nitrogen and oxygen atoms in total. The first-order valence-electron chi connectivity index (χ1n) is 8.22. The lowest BCUT2D eigenvalue weighted by atomic mass is 10.0. The summed E-state index contributed by atoms with van der Waals surface area (Å²) in [5.74, 6) is -1.02. The molecule has 148 valence electrons. The van der Waals surface area contributed by atoms with Crippen molar-refractivity contribution in [3.8, 4) is 6.07 Å². The summed E-state index contributed by atoms with van der Waals surface area (Å²) in [6, 6.07) is 9.94. The van der Waals surface area contributed by atoms with Crippen LogP contribution in [0.4, 0.5) is 23.7 Å². The van der Waals surface area contributed by atoms with Crippen LogP contribution in [0.2, 0.25) is 0 Å². The number of nitrogens with zero attached hydrogens (tertiary/aromatic N) is 2. The molecular weight excluding hydrogens is 407 g/mol. The molecular formula is C19H12F3N3O3S. The largest absolute Gasteiger partial charge is 0.417 e. The SMILES string of the molecule is N#Cc1ccc(NC(=O)c2ccccc2C(=O)N2CCSC2=O)cc1C(F)(F)F. The van der Waals surface area contributed by atoms with E-state index in [0.29, 0.717) is 11.8 Å². The first-order valence-corrected chi connectivity index (χ1v) is 9.21. The van der Waals surface area contributed by atoms with Gasteiger partial charge in [-0.1, -0.05) is 23.9 Å². The minimum absolute atomic E-state index is 0.0365. The average Bonchev–Trinajstić information content (AvgIpc) is 3.12. The van der Waals surface area contributed by atoms with Crippen molar-refractivity contribution in [3.63, 3.8) is 0 Å². The number of nitrogens with one attached hydrogen (secondary N) is 1. The minimum Gasteiger partial charge on any atom is -0.322 e. The van der Waals surface area contributed by atoms with Crippen LogP contribution in [-0.4, -0.2) is 34.3 Å². The van der Waals surface area contributed by atoms with E-state index in [9.17, 15) is 27.6 Å². The van der Waals surface area contributed by atoms with Gasteiger partial charge in [0.1, 0.15) is 0 Å². The van der Waals surface area contributed by atoms with Gasteiger partial charge in [-0.3, -0.25) is 19.3 Å². The van der Waals surface area contributed by atoms with Gasteiger partial charge in [-0.25, -0.2) is 0 Å². The Bertz CT molecular complexity index is 1050. The number of carbonyl (C=O) groups excluding carboxylic acids is 3. The van der Waals surface area contributed by atoms with Crippen LogP contribution in [0.25, 0.3) is 0 Å². The molecule has 1 fully saturated rings. The third-order valence-electron chi connectivity index (χ3n) is 4.11. The number of benzene rings is 2. The van der Waals surface area contributed by atoms with E-state index in [0.717, 1.165) is 28.8 Å². The van der Waals surface area contributed by atoms with Crippen molar-refractivity contribution in [1.29, 1.82) is 5.26 Å². The zero-order chi connectivity index (χ0) is 21.2. The van der Waals surface area contributed by atoms with E-state index in [2.05, 4.69) is 5.32 Å². The van der Waals surface area contributed by atoms with Crippen LogP contribution in [0.3, 0.4) is 0 Å². The van der Waals surface area contributed by atoms with Crippen LogP contribution in [-0.2, 0) is 6.18 Å². The molecule has 0 atom stereocenters. The predicted molar refractivity (Wildman–Crippen MR) is 99.4 cm³/mol. The minimum atomic E-state index is -4.77. The fraction of sp³-hybridized carbons (Fsp3) is 0.158. The van der Waals surface area contributed by atoms with Crippen molar-refractivity contribution in [3.05, 3.63) is 64.7 Å². The van der Waals surface area contributed by atoms with Crippen molar-refractivity contribution in [2.24, 2.45) is 0 Å². The predicted octanol–water partition coefficient (Wildman–Crippen LogP) is 4.14. The van der Waals surface area contributed by atoms with Gasteiger partial charge >= 0.3 is 6.18 Å². The topological polar surface area (TPSA) is 90.3 Å². The van der Waals surface area contributed by atoms with Gasteiger partial charge in [0.05, 0.1) is 28.3 Å². The van der Waals surface area contributed by atoms with E-state index in [4.69, 9.17) is 5.26 Å². The van der Waals surface area contributed by atoms with E-state index in [-0.39, 0.29) is 23.4 Å². The van der Waals surface area contributed by atoms with E-state index < -0.39 is 34.4 Å². The van der Waals surface area contributed by atoms with Crippen LogP contribution < -0.4 is 5.32 Å². The van der Waals surface area contributed by atoms with E-state index in [1.165, 1.54) is 30.3 Å². The molecule has 0 bridgehead atoms. The number of anilines is 1. The Morgan fingerprint density at radius 2 is 1.83 bits per heavy atom. The van der Waals surface area contributed by atoms with Gasteiger partial charge in [-0.05, 0) is 30.3 Å². The number of carbonyl (C=O) groups is 3. The summed E-state index contributed by atoms with van der Waals surface area (Å²) in [5, 5.41) is 10.7. The second-order valence-electron chi connectivity index (χ2n) is 5.94. The lowest BCUT2D eigenvalue weighted by molar-refractivity contribution is -0.137. The molecule has 1 aliphatic rings. The summed E-state index contributed by atoms with van der Waals surface area (Å²) in [7, 11) is 0. The molecule has 1 aliphatic heterocycles. The maximum atomic E-state index is 13.1. The highest BCUT2D eigenvalue weighted by Gasteiger charge is 2.34. The fourth-order valence-electron chi connectivity index (χ4n) is 2.74. The Morgan fingerprint density at radius 1 is 1.14 bits per heavy atom. The number of hydrogen-bond acceptors (Lipinski definition) is 5. The standard InChI is InChI=1S/C19H12F3N3O3S/c20-19(21,22)15-9-12(6-5-11(15)10-23)24-16(26)13-3-1-2-4-14(13)17(27)25-7-8-29-18(25)28/h1-6,9H,7-8H2,(H,24,26). The molecule has 1 saturated heterocycles. The van der Waals surface area contributed by atoms with Gasteiger partial charge in [0.15, 0.2) is 0 Å². The molecule has 0 spiro atoms. The summed E-state index contributed by atoms with van der Waals surface area (Å²) in [4.78, 5) is 38.1. The van der Waals surface area contributed by atoms with Crippen LogP contribution in [0.1, 0.15) is 31.8 Å². The first kappa shape index (κ1) is 20.4. The van der Waals surface area contributed by atoms with Gasteiger partial charge in [0, 0.05) is 18.0 Å².